The smallest absolute Gasteiger partial charge is 0.136 e. The summed E-state index contributed by atoms with van der Waals surface area (Å²) in [7, 11) is 8.28. The van der Waals surface area contributed by atoms with Crippen molar-refractivity contribution in [2.24, 2.45) is 23.2 Å². The predicted molar refractivity (Wildman–Crippen MR) is 127 cm³/mol. The van der Waals surface area contributed by atoms with E-state index in [4.69, 9.17) is 23.7 Å². The summed E-state index contributed by atoms with van der Waals surface area (Å²) in [6, 6.07) is -0.570. The Hall–Kier alpha value is -0.360. The van der Waals surface area contributed by atoms with Crippen LogP contribution in [0.5, 0.6) is 0 Å². The molecule has 0 aromatic rings. The third-order valence-corrected chi connectivity index (χ3v) is 10.8. The number of nitrogens with zero attached hydrogens (tertiary/aromatic N) is 1. The highest BCUT2D eigenvalue weighted by Gasteiger charge is 2.83. The molecule has 3 N–H and O–H groups in total. The number of methoxy groups -OCH3 is 5. The number of hydrogen-bond acceptors (Lipinski definition) is 9. The first-order chi connectivity index (χ1) is 16.6. The van der Waals surface area contributed by atoms with Gasteiger partial charge in [0.15, 0.2) is 0 Å². The SMILES string of the molecule is CCN1C[C@]2(COC)CC[C@H](OC)C3C1[C@@](O)([C@@H](OC)C2)[C@@]1(O)C[C@H](OC)C2C[C@]3(O)C1[C@H]2OC. The van der Waals surface area contributed by atoms with Crippen molar-refractivity contribution in [1.29, 1.82) is 0 Å². The molecule has 5 aliphatic rings. The standard InChI is InChI=1S/C26H45NO8/c1-7-27-13-23(14-31-2)9-8-16(32-3)19-22(27)26(30,18(12-23)34-5)25(29)11-17(33-4)15-10-24(19,28)21(25)20(15)35-6/h15-22,28-30H,7-14H2,1-6H3/t15?,16-,17-,18-,19?,20-,21?,22?,23-,24+,25+,26-/m0/s1. The molecule has 9 heteroatoms. The summed E-state index contributed by atoms with van der Waals surface area (Å²) in [5, 5.41) is 38.6. The van der Waals surface area contributed by atoms with Crippen LogP contribution in [0.15, 0.2) is 0 Å². The molecule has 0 spiro atoms. The molecule has 2 heterocycles. The largest absolute Gasteiger partial charge is 0.389 e. The van der Waals surface area contributed by atoms with E-state index < -0.39 is 46.9 Å². The molecule has 5 rings (SSSR count). The summed E-state index contributed by atoms with van der Waals surface area (Å²) in [6.07, 6.45) is 0.950. The first kappa shape index (κ1) is 26.3. The lowest BCUT2D eigenvalue weighted by molar-refractivity contribution is -0.347. The molecule has 35 heavy (non-hydrogen) atoms. The molecule has 3 aliphatic carbocycles. The third kappa shape index (κ3) is 3.20. The van der Waals surface area contributed by atoms with Crippen molar-refractivity contribution in [2.75, 3.05) is 55.2 Å². The Kier molecular flexibility index (Phi) is 6.64. The van der Waals surface area contributed by atoms with E-state index in [9.17, 15) is 15.3 Å². The van der Waals surface area contributed by atoms with Gasteiger partial charge in [-0.05, 0) is 32.2 Å². The summed E-state index contributed by atoms with van der Waals surface area (Å²) in [6.45, 7) is 3.94. The molecule has 0 aromatic heterocycles. The molecule has 0 aromatic carbocycles. The fourth-order valence-electron chi connectivity index (χ4n) is 9.66. The summed E-state index contributed by atoms with van der Waals surface area (Å²) < 4.78 is 29.9. The van der Waals surface area contributed by atoms with E-state index in [0.29, 0.717) is 32.5 Å². The summed E-state index contributed by atoms with van der Waals surface area (Å²) in [5.74, 6) is -1.21. The lowest BCUT2D eigenvalue weighted by Gasteiger charge is -2.67. The zero-order chi connectivity index (χ0) is 25.4. The highest BCUT2D eigenvalue weighted by Crippen LogP contribution is 2.68. The van der Waals surface area contributed by atoms with Crippen molar-refractivity contribution >= 4 is 0 Å². The van der Waals surface area contributed by atoms with E-state index in [1.54, 1.807) is 35.5 Å². The molecule has 3 saturated carbocycles. The van der Waals surface area contributed by atoms with Crippen LogP contribution in [0.2, 0.25) is 0 Å². The van der Waals surface area contributed by atoms with Gasteiger partial charge in [0.1, 0.15) is 11.2 Å². The monoisotopic (exact) mass is 499 g/mol. The molecule has 4 bridgehead atoms. The number of aliphatic hydroxyl groups is 3. The molecule has 5 fully saturated rings. The van der Waals surface area contributed by atoms with Gasteiger partial charge in [-0.25, -0.2) is 0 Å². The Bertz CT molecular complexity index is 801. The van der Waals surface area contributed by atoms with Crippen LogP contribution >= 0.6 is 0 Å². The van der Waals surface area contributed by atoms with Gasteiger partial charge in [0.2, 0.25) is 0 Å². The van der Waals surface area contributed by atoms with Crippen LogP contribution in [-0.2, 0) is 23.7 Å². The average Bonchev–Trinajstić information content (AvgIpc) is 3.07. The first-order valence-corrected chi connectivity index (χ1v) is 13.2. The lowest BCUT2D eigenvalue weighted by Crippen LogP contribution is -2.85. The van der Waals surface area contributed by atoms with E-state index in [1.807, 2.05) is 0 Å². The molecule has 2 saturated heterocycles. The van der Waals surface area contributed by atoms with E-state index >= 15 is 0 Å². The van der Waals surface area contributed by atoms with E-state index in [-0.39, 0.29) is 30.0 Å². The van der Waals surface area contributed by atoms with Gasteiger partial charge in [0.05, 0.1) is 42.7 Å². The number of ether oxygens (including phenoxy) is 5. The van der Waals surface area contributed by atoms with Crippen LogP contribution in [0.1, 0.15) is 39.0 Å². The Labute approximate surface area is 209 Å². The predicted octanol–water partition coefficient (Wildman–Crippen LogP) is 0.430. The molecule has 0 amide bonds. The number of rotatable bonds is 7. The molecular formula is C26H45NO8. The first-order valence-electron chi connectivity index (χ1n) is 13.2. The molecule has 0 radical (unpaired) electrons. The Morgan fingerprint density at radius 1 is 0.886 bits per heavy atom. The van der Waals surface area contributed by atoms with Gasteiger partial charge >= 0.3 is 0 Å². The van der Waals surface area contributed by atoms with Gasteiger partial charge in [-0.2, -0.15) is 0 Å². The van der Waals surface area contributed by atoms with Crippen molar-refractivity contribution in [3.05, 3.63) is 0 Å². The fourth-order valence-corrected chi connectivity index (χ4v) is 9.66. The minimum atomic E-state index is -1.68. The number of hydrogen-bond donors (Lipinski definition) is 3. The summed E-state index contributed by atoms with van der Waals surface area (Å²) >= 11 is 0. The van der Waals surface area contributed by atoms with Gasteiger partial charge in [-0.3, -0.25) is 4.90 Å². The average molecular weight is 500 g/mol. The highest BCUT2D eigenvalue weighted by molar-refractivity contribution is 5.34. The second-order valence-corrected chi connectivity index (χ2v) is 12.0. The van der Waals surface area contributed by atoms with Gasteiger partial charge in [0.25, 0.3) is 0 Å². The van der Waals surface area contributed by atoms with Crippen molar-refractivity contribution in [1.82, 2.24) is 4.90 Å². The van der Waals surface area contributed by atoms with Crippen LogP contribution in [0.4, 0.5) is 0 Å². The van der Waals surface area contributed by atoms with Crippen LogP contribution in [0.3, 0.4) is 0 Å². The summed E-state index contributed by atoms with van der Waals surface area (Å²) in [5.41, 5.74) is -4.94. The van der Waals surface area contributed by atoms with E-state index in [0.717, 1.165) is 12.8 Å². The van der Waals surface area contributed by atoms with Crippen molar-refractivity contribution < 1.29 is 39.0 Å². The van der Waals surface area contributed by atoms with Crippen LogP contribution in [0, 0.1) is 23.2 Å². The Morgan fingerprint density at radius 2 is 1.60 bits per heavy atom. The molecule has 202 valence electrons. The van der Waals surface area contributed by atoms with Crippen molar-refractivity contribution in [3.8, 4) is 0 Å². The van der Waals surface area contributed by atoms with Crippen molar-refractivity contribution in [3.63, 3.8) is 0 Å². The van der Waals surface area contributed by atoms with Gasteiger partial charge in [0, 0.05) is 71.7 Å². The third-order valence-electron chi connectivity index (χ3n) is 10.8. The highest BCUT2D eigenvalue weighted by atomic mass is 16.5. The molecular weight excluding hydrogens is 454 g/mol. The lowest BCUT2D eigenvalue weighted by atomic mass is 9.48. The molecule has 9 nitrogen and oxygen atoms in total. The van der Waals surface area contributed by atoms with Crippen LogP contribution in [-0.4, -0.2) is 123 Å². The topological polar surface area (TPSA) is 110 Å². The van der Waals surface area contributed by atoms with Gasteiger partial charge < -0.3 is 39.0 Å². The maximum Gasteiger partial charge on any atom is 0.136 e. The quantitative estimate of drug-likeness (QED) is 0.459. The minimum Gasteiger partial charge on any atom is -0.389 e. The second kappa shape index (κ2) is 8.85. The zero-order valence-electron chi connectivity index (χ0n) is 22.1. The molecule has 2 aliphatic heterocycles. The zero-order valence-corrected chi connectivity index (χ0v) is 22.1. The van der Waals surface area contributed by atoms with Crippen LogP contribution in [0.25, 0.3) is 0 Å². The molecule has 12 atom stereocenters. The van der Waals surface area contributed by atoms with E-state index in [2.05, 4.69) is 11.8 Å². The maximum absolute atomic E-state index is 13.1. The fraction of sp³-hybridized carbons (Fsp3) is 1.00. The van der Waals surface area contributed by atoms with E-state index in [1.165, 1.54) is 0 Å². The Balaban J connectivity index is 1.81. The van der Waals surface area contributed by atoms with Gasteiger partial charge in [-0.1, -0.05) is 6.92 Å². The number of likely N-dealkylation sites (N-methyl/N-ethyl adjacent to an activating group) is 1. The number of fused-ring (bicyclic) bond motifs is 5. The Morgan fingerprint density at radius 3 is 2.17 bits per heavy atom. The second-order valence-electron chi connectivity index (χ2n) is 12.0. The van der Waals surface area contributed by atoms with Gasteiger partial charge in [-0.15, -0.1) is 0 Å². The minimum absolute atomic E-state index is 0.0854. The van der Waals surface area contributed by atoms with Crippen molar-refractivity contribution in [2.45, 2.75) is 86.3 Å². The normalized spacial score (nSPS) is 55.5. The maximum atomic E-state index is 13.1. The van der Waals surface area contributed by atoms with Crippen LogP contribution < -0.4 is 0 Å². The molecule has 4 unspecified atom stereocenters. The summed E-state index contributed by atoms with van der Waals surface area (Å²) in [4.78, 5) is 2.26.